The zero-order chi connectivity index (χ0) is 18.6. The van der Waals surface area contributed by atoms with Gasteiger partial charge in [0.2, 0.25) is 0 Å². The van der Waals surface area contributed by atoms with Crippen LogP contribution in [0.5, 0.6) is 17.2 Å². The van der Waals surface area contributed by atoms with Gasteiger partial charge >= 0.3 is 6.29 Å². The maximum atomic E-state index is 13.1. The summed E-state index contributed by atoms with van der Waals surface area (Å²) in [5.74, 6) is -0.277. The first-order chi connectivity index (χ1) is 12.5. The first-order valence-corrected chi connectivity index (χ1v) is 7.99. The van der Waals surface area contributed by atoms with Crippen LogP contribution in [0.15, 0.2) is 42.5 Å². The Hall–Kier alpha value is -2.87. The lowest BCUT2D eigenvalue weighted by Crippen LogP contribution is -2.25. The number of fused-ring (bicyclic) bond motifs is 1. The van der Waals surface area contributed by atoms with E-state index in [1.807, 2.05) is 6.92 Å². The molecule has 1 amide bonds. The maximum Gasteiger partial charge on any atom is 0.586 e. The van der Waals surface area contributed by atoms with Crippen molar-refractivity contribution >= 4 is 11.6 Å². The third-order valence-electron chi connectivity index (χ3n) is 3.48. The molecule has 0 spiro atoms. The van der Waals surface area contributed by atoms with Gasteiger partial charge in [-0.2, -0.15) is 0 Å². The second kappa shape index (κ2) is 7.57. The topological polar surface area (TPSA) is 66.0 Å². The third kappa shape index (κ3) is 4.20. The number of ether oxygens (including phenoxy) is 4. The lowest BCUT2D eigenvalue weighted by atomic mass is 10.2. The predicted molar refractivity (Wildman–Crippen MR) is 89.0 cm³/mol. The fraction of sp³-hybridized carbons (Fsp3) is 0.278. The van der Waals surface area contributed by atoms with Gasteiger partial charge in [-0.3, -0.25) is 4.79 Å². The molecule has 0 saturated carbocycles. The number of alkyl halides is 2. The van der Waals surface area contributed by atoms with Crippen LogP contribution in [0.2, 0.25) is 0 Å². The Bertz CT molecular complexity index is 797. The molecule has 0 atom stereocenters. The molecular weight excluding hydrogens is 348 g/mol. The van der Waals surface area contributed by atoms with E-state index in [0.717, 1.165) is 0 Å². The maximum absolute atomic E-state index is 13.1. The highest BCUT2D eigenvalue weighted by atomic mass is 19.3. The largest absolute Gasteiger partial charge is 0.586 e. The number of carbonyl (C=O) groups is 1. The molecule has 3 rings (SSSR count). The molecule has 0 bridgehead atoms. The second-order valence-corrected chi connectivity index (χ2v) is 5.32. The number of nitrogens with one attached hydrogen (secondary N) is 1. The molecule has 1 aliphatic rings. The van der Waals surface area contributed by atoms with Crippen LogP contribution in [0.3, 0.4) is 0 Å². The third-order valence-corrected chi connectivity index (χ3v) is 3.48. The molecule has 0 radical (unpaired) electrons. The van der Waals surface area contributed by atoms with Crippen molar-refractivity contribution in [3.8, 4) is 17.2 Å². The summed E-state index contributed by atoms with van der Waals surface area (Å²) in [6.07, 6.45) is -3.70. The second-order valence-electron chi connectivity index (χ2n) is 5.32. The molecule has 0 unspecified atom stereocenters. The quantitative estimate of drug-likeness (QED) is 0.759. The van der Waals surface area contributed by atoms with E-state index in [9.17, 15) is 13.6 Å². The van der Waals surface area contributed by atoms with Gasteiger partial charge in [0.05, 0.1) is 12.2 Å². The van der Waals surface area contributed by atoms with Crippen LogP contribution in [0.1, 0.15) is 17.3 Å². The van der Waals surface area contributed by atoms with E-state index in [-0.39, 0.29) is 11.5 Å². The lowest BCUT2D eigenvalue weighted by molar-refractivity contribution is -0.286. The number of amides is 1. The standard InChI is InChI=1S/C18H17F2NO5/c1-2-23-9-10-24-14-6-4-3-5-13(14)17(22)21-12-7-8-15-16(11-12)26-18(19,20)25-15/h3-8,11H,2,9-10H2,1H3,(H,21,22). The van der Waals surface area contributed by atoms with E-state index in [4.69, 9.17) is 9.47 Å². The molecule has 2 aromatic rings. The predicted octanol–water partition coefficient (Wildman–Crippen LogP) is 3.68. The van der Waals surface area contributed by atoms with Crippen LogP contribution in [-0.4, -0.2) is 32.0 Å². The molecule has 0 aliphatic carbocycles. The van der Waals surface area contributed by atoms with Crippen LogP contribution in [0.25, 0.3) is 0 Å². The van der Waals surface area contributed by atoms with Crippen molar-refractivity contribution in [3.05, 3.63) is 48.0 Å². The summed E-state index contributed by atoms with van der Waals surface area (Å²) in [5, 5.41) is 2.63. The van der Waals surface area contributed by atoms with Crippen molar-refractivity contribution in [2.75, 3.05) is 25.1 Å². The van der Waals surface area contributed by atoms with E-state index in [1.54, 1.807) is 24.3 Å². The van der Waals surface area contributed by atoms with E-state index >= 15 is 0 Å². The van der Waals surface area contributed by atoms with E-state index in [2.05, 4.69) is 14.8 Å². The first kappa shape index (κ1) is 17.9. The van der Waals surface area contributed by atoms with Crippen LogP contribution < -0.4 is 19.5 Å². The molecule has 1 N–H and O–H groups in total. The van der Waals surface area contributed by atoms with Crippen molar-refractivity contribution in [2.45, 2.75) is 13.2 Å². The minimum absolute atomic E-state index is 0.0901. The van der Waals surface area contributed by atoms with E-state index in [1.165, 1.54) is 18.2 Å². The summed E-state index contributed by atoms with van der Waals surface area (Å²) < 4.78 is 45.6. The summed E-state index contributed by atoms with van der Waals surface area (Å²) >= 11 is 0. The van der Waals surface area contributed by atoms with Gasteiger partial charge in [-0.15, -0.1) is 8.78 Å². The highest BCUT2D eigenvalue weighted by molar-refractivity contribution is 6.06. The Balaban J connectivity index is 1.69. The van der Waals surface area contributed by atoms with E-state index in [0.29, 0.717) is 36.8 Å². The number of hydrogen-bond acceptors (Lipinski definition) is 5. The Morgan fingerprint density at radius 1 is 1.12 bits per heavy atom. The molecule has 2 aromatic carbocycles. The number of carbonyl (C=O) groups excluding carboxylic acids is 1. The number of benzene rings is 2. The van der Waals surface area contributed by atoms with Gasteiger partial charge in [0.15, 0.2) is 11.5 Å². The Labute approximate surface area is 148 Å². The highest BCUT2D eigenvalue weighted by Gasteiger charge is 2.43. The summed E-state index contributed by atoms with van der Waals surface area (Å²) in [5.41, 5.74) is 0.603. The van der Waals surface area contributed by atoms with Gasteiger partial charge in [-0.05, 0) is 31.2 Å². The molecule has 6 nitrogen and oxygen atoms in total. The monoisotopic (exact) mass is 365 g/mol. The summed E-state index contributed by atoms with van der Waals surface area (Å²) in [4.78, 5) is 12.5. The minimum Gasteiger partial charge on any atom is -0.490 e. The molecule has 1 aliphatic heterocycles. The summed E-state index contributed by atoms with van der Waals surface area (Å²) in [7, 11) is 0. The van der Waals surface area contributed by atoms with Crippen molar-refractivity contribution in [3.63, 3.8) is 0 Å². The van der Waals surface area contributed by atoms with Crippen LogP contribution in [-0.2, 0) is 4.74 Å². The molecule has 1 heterocycles. The normalized spacial score (nSPS) is 14.1. The number of rotatable bonds is 7. The number of para-hydroxylation sites is 1. The minimum atomic E-state index is -3.70. The van der Waals surface area contributed by atoms with Gasteiger partial charge in [-0.1, -0.05) is 12.1 Å². The van der Waals surface area contributed by atoms with Crippen molar-refractivity contribution in [1.29, 1.82) is 0 Å². The van der Waals surface area contributed by atoms with Crippen molar-refractivity contribution < 1.29 is 32.5 Å². The van der Waals surface area contributed by atoms with Gasteiger partial charge in [0.1, 0.15) is 12.4 Å². The Morgan fingerprint density at radius 2 is 1.88 bits per heavy atom. The smallest absolute Gasteiger partial charge is 0.490 e. The fourth-order valence-corrected chi connectivity index (χ4v) is 2.36. The molecule has 8 heteroatoms. The van der Waals surface area contributed by atoms with Gasteiger partial charge in [0, 0.05) is 18.4 Å². The zero-order valence-corrected chi connectivity index (χ0v) is 14.0. The molecule has 0 saturated heterocycles. The van der Waals surface area contributed by atoms with Gasteiger partial charge in [-0.25, -0.2) is 0 Å². The van der Waals surface area contributed by atoms with Crippen LogP contribution in [0.4, 0.5) is 14.5 Å². The summed E-state index contributed by atoms with van der Waals surface area (Å²) in [6, 6.07) is 10.7. The summed E-state index contributed by atoms with van der Waals surface area (Å²) in [6.45, 7) is 3.16. The van der Waals surface area contributed by atoms with Crippen molar-refractivity contribution in [1.82, 2.24) is 0 Å². The lowest BCUT2D eigenvalue weighted by Gasteiger charge is -2.12. The highest BCUT2D eigenvalue weighted by Crippen LogP contribution is 2.42. The molecule has 0 fully saturated rings. The average Bonchev–Trinajstić information content (AvgIpc) is 2.92. The van der Waals surface area contributed by atoms with Crippen molar-refractivity contribution in [2.24, 2.45) is 0 Å². The Morgan fingerprint density at radius 3 is 2.69 bits per heavy atom. The van der Waals surface area contributed by atoms with E-state index < -0.39 is 12.2 Å². The Kier molecular flexibility index (Phi) is 5.22. The first-order valence-electron chi connectivity index (χ1n) is 7.99. The number of anilines is 1. The molecule has 0 aromatic heterocycles. The number of hydrogen-bond donors (Lipinski definition) is 1. The molecule has 138 valence electrons. The van der Waals surface area contributed by atoms with Gasteiger partial charge < -0.3 is 24.3 Å². The molecular formula is C18H17F2NO5. The molecule has 26 heavy (non-hydrogen) atoms. The van der Waals surface area contributed by atoms with Crippen LogP contribution in [0, 0.1) is 0 Å². The SMILES string of the molecule is CCOCCOc1ccccc1C(=O)Nc1ccc2c(c1)OC(F)(F)O2. The van der Waals surface area contributed by atoms with Gasteiger partial charge in [0.25, 0.3) is 5.91 Å². The van der Waals surface area contributed by atoms with Crippen LogP contribution >= 0.6 is 0 Å². The average molecular weight is 365 g/mol. The zero-order valence-electron chi connectivity index (χ0n) is 14.0. The number of halogens is 2. The fourth-order valence-electron chi connectivity index (χ4n) is 2.36.